The Hall–Kier alpha value is -2.51. The van der Waals surface area contributed by atoms with E-state index in [0.717, 1.165) is 41.6 Å². The topological polar surface area (TPSA) is 76.9 Å². The van der Waals surface area contributed by atoms with Gasteiger partial charge in [0.2, 0.25) is 10.0 Å². The lowest BCUT2D eigenvalue weighted by Crippen LogP contribution is -2.23. The number of aryl methyl sites for hydroxylation is 3. The lowest BCUT2D eigenvalue weighted by molar-refractivity contribution is 0.580. The average Bonchev–Trinajstić information content (AvgIpc) is 3.13. The van der Waals surface area contributed by atoms with Crippen molar-refractivity contribution in [3.8, 4) is 11.3 Å². The zero-order valence-electron chi connectivity index (χ0n) is 15.2. The number of rotatable bonds is 5. The van der Waals surface area contributed by atoms with Crippen molar-refractivity contribution in [2.45, 2.75) is 37.1 Å². The Morgan fingerprint density at radius 2 is 1.89 bits per heavy atom. The lowest BCUT2D eigenvalue weighted by atomic mass is 9.92. The van der Waals surface area contributed by atoms with Gasteiger partial charge in [0.05, 0.1) is 16.8 Å². The Bertz CT molecular complexity index is 1060. The SMILES string of the molecule is Cn1cc(-c2ccc(CNS(=O)(=O)c3ccc4c(c3)CCCC4)cn2)cn1. The van der Waals surface area contributed by atoms with E-state index in [1.807, 2.05) is 37.5 Å². The molecule has 6 nitrogen and oxygen atoms in total. The molecule has 0 fully saturated rings. The molecule has 2 aromatic heterocycles. The van der Waals surface area contributed by atoms with Gasteiger partial charge in [-0.2, -0.15) is 5.10 Å². The number of fused-ring (bicyclic) bond motifs is 1. The molecular weight excluding hydrogens is 360 g/mol. The molecule has 0 radical (unpaired) electrons. The van der Waals surface area contributed by atoms with Crippen molar-refractivity contribution in [3.05, 3.63) is 65.6 Å². The van der Waals surface area contributed by atoms with Crippen molar-refractivity contribution in [2.75, 3.05) is 0 Å². The summed E-state index contributed by atoms with van der Waals surface area (Å²) in [5, 5.41) is 4.13. The molecule has 0 spiro atoms. The van der Waals surface area contributed by atoms with Crippen LogP contribution in [0, 0.1) is 0 Å². The lowest BCUT2D eigenvalue weighted by Gasteiger charge is -2.16. The fourth-order valence-electron chi connectivity index (χ4n) is 3.39. The van der Waals surface area contributed by atoms with Gasteiger partial charge < -0.3 is 0 Å². The number of pyridine rings is 1. The van der Waals surface area contributed by atoms with E-state index in [1.165, 1.54) is 12.0 Å². The first kappa shape index (κ1) is 17.9. The summed E-state index contributed by atoms with van der Waals surface area (Å²) in [6, 6.07) is 9.23. The molecule has 1 aliphatic carbocycles. The predicted molar refractivity (Wildman–Crippen MR) is 104 cm³/mol. The predicted octanol–water partition coefficient (Wildman–Crippen LogP) is 2.84. The molecule has 2 heterocycles. The highest BCUT2D eigenvalue weighted by Gasteiger charge is 2.17. The summed E-state index contributed by atoms with van der Waals surface area (Å²) in [7, 11) is -1.69. The number of hydrogen-bond donors (Lipinski definition) is 1. The molecule has 4 rings (SSSR count). The zero-order valence-corrected chi connectivity index (χ0v) is 16.0. The molecule has 0 unspecified atom stereocenters. The van der Waals surface area contributed by atoms with Gasteiger partial charge in [-0.3, -0.25) is 9.67 Å². The van der Waals surface area contributed by atoms with Crippen molar-refractivity contribution >= 4 is 10.0 Å². The Morgan fingerprint density at radius 1 is 1.07 bits per heavy atom. The van der Waals surface area contributed by atoms with Crippen molar-refractivity contribution in [1.29, 1.82) is 0 Å². The second-order valence-corrected chi connectivity index (χ2v) is 8.68. The van der Waals surface area contributed by atoms with Crippen molar-refractivity contribution in [3.63, 3.8) is 0 Å². The first-order chi connectivity index (χ1) is 13.0. The van der Waals surface area contributed by atoms with E-state index in [2.05, 4.69) is 14.8 Å². The van der Waals surface area contributed by atoms with Gasteiger partial charge in [0, 0.05) is 31.5 Å². The largest absolute Gasteiger partial charge is 0.275 e. The molecule has 140 valence electrons. The number of aromatic nitrogens is 3. The minimum absolute atomic E-state index is 0.208. The van der Waals surface area contributed by atoms with Gasteiger partial charge in [0.25, 0.3) is 0 Å². The molecule has 0 saturated carbocycles. The quantitative estimate of drug-likeness (QED) is 0.736. The molecule has 0 bridgehead atoms. The normalized spacial score (nSPS) is 14.1. The van der Waals surface area contributed by atoms with Crippen LogP contribution in [-0.2, 0) is 36.5 Å². The van der Waals surface area contributed by atoms with Crippen LogP contribution in [0.1, 0.15) is 29.5 Å². The van der Waals surface area contributed by atoms with Gasteiger partial charge in [0.15, 0.2) is 0 Å². The highest BCUT2D eigenvalue weighted by atomic mass is 32.2. The summed E-state index contributed by atoms with van der Waals surface area (Å²) >= 11 is 0. The third-order valence-corrected chi connectivity index (χ3v) is 6.32. The van der Waals surface area contributed by atoms with Crippen LogP contribution in [-0.4, -0.2) is 23.2 Å². The van der Waals surface area contributed by atoms with Crippen molar-refractivity contribution in [1.82, 2.24) is 19.5 Å². The van der Waals surface area contributed by atoms with Crippen LogP contribution in [0.4, 0.5) is 0 Å². The van der Waals surface area contributed by atoms with Crippen LogP contribution >= 0.6 is 0 Å². The molecule has 0 atom stereocenters. The van der Waals surface area contributed by atoms with Crippen LogP contribution in [0.15, 0.2) is 53.8 Å². The summed E-state index contributed by atoms with van der Waals surface area (Å²) < 4.78 is 29.7. The van der Waals surface area contributed by atoms with Crippen LogP contribution < -0.4 is 4.72 Å². The first-order valence-electron chi connectivity index (χ1n) is 9.07. The van der Waals surface area contributed by atoms with Crippen LogP contribution in [0.25, 0.3) is 11.3 Å². The third kappa shape index (κ3) is 3.94. The molecule has 3 aromatic rings. The Labute approximate surface area is 159 Å². The second kappa shape index (κ2) is 7.25. The summed E-state index contributed by atoms with van der Waals surface area (Å²) in [4.78, 5) is 4.74. The molecule has 0 amide bonds. The highest BCUT2D eigenvalue weighted by molar-refractivity contribution is 7.89. The summed E-state index contributed by atoms with van der Waals surface area (Å²) in [5.74, 6) is 0. The fraction of sp³-hybridized carbons (Fsp3) is 0.300. The van der Waals surface area contributed by atoms with E-state index in [-0.39, 0.29) is 6.54 Å². The minimum atomic E-state index is -3.54. The summed E-state index contributed by atoms with van der Waals surface area (Å²) in [6.07, 6.45) is 9.63. The number of nitrogens with zero attached hydrogens (tertiary/aromatic N) is 3. The molecule has 7 heteroatoms. The Morgan fingerprint density at radius 3 is 2.59 bits per heavy atom. The molecular formula is C20H22N4O2S. The molecule has 1 aromatic carbocycles. The van der Waals surface area contributed by atoms with Crippen LogP contribution in [0.2, 0.25) is 0 Å². The summed E-state index contributed by atoms with van der Waals surface area (Å²) in [6.45, 7) is 0.208. The van der Waals surface area contributed by atoms with Gasteiger partial charge in [-0.05, 0) is 60.6 Å². The Kier molecular flexibility index (Phi) is 4.80. The minimum Gasteiger partial charge on any atom is -0.275 e. The highest BCUT2D eigenvalue weighted by Crippen LogP contribution is 2.24. The number of nitrogens with one attached hydrogen (secondary N) is 1. The van der Waals surface area contributed by atoms with E-state index in [9.17, 15) is 8.42 Å². The Balaban J connectivity index is 1.46. The number of sulfonamides is 1. The van der Waals surface area contributed by atoms with Gasteiger partial charge in [-0.25, -0.2) is 13.1 Å². The van der Waals surface area contributed by atoms with Crippen molar-refractivity contribution < 1.29 is 8.42 Å². The van der Waals surface area contributed by atoms with Gasteiger partial charge in [0.1, 0.15) is 0 Å². The second-order valence-electron chi connectivity index (χ2n) is 6.92. The van der Waals surface area contributed by atoms with Crippen molar-refractivity contribution in [2.24, 2.45) is 7.05 Å². The van der Waals surface area contributed by atoms with E-state index in [1.54, 1.807) is 23.1 Å². The molecule has 27 heavy (non-hydrogen) atoms. The maximum atomic E-state index is 12.6. The fourth-order valence-corrected chi connectivity index (χ4v) is 4.46. The molecule has 1 aliphatic rings. The standard InChI is InChI=1S/C20H22N4O2S/c1-24-14-18(13-22-24)20-9-6-15(11-21-20)12-23-27(25,26)19-8-7-16-4-2-3-5-17(16)10-19/h6-11,13-14,23H,2-5,12H2,1H3. The maximum absolute atomic E-state index is 12.6. The van der Waals surface area contributed by atoms with Gasteiger partial charge >= 0.3 is 0 Å². The van der Waals surface area contributed by atoms with E-state index in [4.69, 9.17) is 0 Å². The molecule has 0 saturated heterocycles. The summed E-state index contributed by atoms with van der Waals surface area (Å²) in [5.41, 5.74) is 4.98. The van der Waals surface area contributed by atoms with E-state index in [0.29, 0.717) is 4.90 Å². The van der Waals surface area contributed by atoms with Crippen LogP contribution in [0.3, 0.4) is 0 Å². The van der Waals surface area contributed by atoms with Gasteiger partial charge in [-0.1, -0.05) is 12.1 Å². The van der Waals surface area contributed by atoms with Crippen LogP contribution in [0.5, 0.6) is 0 Å². The molecule has 0 aliphatic heterocycles. The smallest absolute Gasteiger partial charge is 0.240 e. The first-order valence-corrected chi connectivity index (χ1v) is 10.5. The van der Waals surface area contributed by atoms with E-state index >= 15 is 0 Å². The van der Waals surface area contributed by atoms with E-state index < -0.39 is 10.0 Å². The van der Waals surface area contributed by atoms with Gasteiger partial charge in [-0.15, -0.1) is 0 Å². The average molecular weight is 382 g/mol. The number of hydrogen-bond acceptors (Lipinski definition) is 4. The zero-order chi connectivity index (χ0) is 18.9. The third-order valence-electron chi connectivity index (χ3n) is 4.92. The number of benzene rings is 1. The molecule has 1 N–H and O–H groups in total. The monoisotopic (exact) mass is 382 g/mol. The maximum Gasteiger partial charge on any atom is 0.240 e.